The van der Waals surface area contributed by atoms with Gasteiger partial charge in [0.1, 0.15) is 0 Å². The Bertz CT molecular complexity index is 202. The lowest BCUT2D eigenvalue weighted by molar-refractivity contribution is 0.230. The molecule has 0 saturated carbocycles. The molecule has 1 nitrogen and oxygen atoms in total. The Hall–Kier alpha value is -0.0400. The van der Waals surface area contributed by atoms with Crippen molar-refractivity contribution in [3.8, 4) is 0 Å². The van der Waals surface area contributed by atoms with Crippen LogP contribution in [0, 0.1) is 5.92 Å². The van der Waals surface area contributed by atoms with E-state index in [1.807, 2.05) is 0 Å². The van der Waals surface area contributed by atoms with Crippen molar-refractivity contribution in [2.24, 2.45) is 5.92 Å². The smallest absolute Gasteiger partial charge is 0.000691 e. The largest absolute Gasteiger partial charge is 0.303 e. The summed E-state index contributed by atoms with van der Waals surface area (Å²) in [4.78, 5) is 2.70. The predicted molar refractivity (Wildman–Crippen MR) is 103 cm³/mol. The molecule has 0 aliphatic carbocycles. The van der Waals surface area contributed by atoms with Crippen LogP contribution in [0.25, 0.3) is 0 Å². The lowest BCUT2D eigenvalue weighted by atomic mass is 10.1. The van der Waals surface area contributed by atoms with Crippen LogP contribution < -0.4 is 0 Å². The minimum absolute atomic E-state index is 0.860. The molecule has 1 heteroatoms. The summed E-state index contributed by atoms with van der Waals surface area (Å²) in [6.45, 7) is 13.2. The molecular weight excluding hydrogens is 266 g/mol. The second-order valence-electron chi connectivity index (χ2n) is 7.35. The first-order valence-corrected chi connectivity index (χ1v) is 10.5. The zero-order valence-electron chi connectivity index (χ0n) is 16.3. The molecule has 0 amide bonds. The third kappa shape index (κ3) is 14.9. The van der Waals surface area contributed by atoms with Gasteiger partial charge in [-0.15, -0.1) is 0 Å². The summed E-state index contributed by atoms with van der Waals surface area (Å²) in [6.07, 6.45) is 18.5. The Morgan fingerprint density at radius 1 is 0.591 bits per heavy atom. The summed E-state index contributed by atoms with van der Waals surface area (Å²) >= 11 is 0. The van der Waals surface area contributed by atoms with Gasteiger partial charge < -0.3 is 4.90 Å². The van der Waals surface area contributed by atoms with Crippen LogP contribution in [0.2, 0.25) is 0 Å². The van der Waals surface area contributed by atoms with E-state index in [1.165, 1.54) is 103 Å². The van der Waals surface area contributed by atoms with E-state index in [1.54, 1.807) is 0 Å². The molecule has 0 aromatic rings. The summed E-state index contributed by atoms with van der Waals surface area (Å²) < 4.78 is 0. The topological polar surface area (TPSA) is 3.24 Å². The Kier molecular flexibility index (Phi) is 17.3. The third-order valence-corrected chi connectivity index (χ3v) is 4.88. The van der Waals surface area contributed by atoms with Crippen molar-refractivity contribution in [2.45, 2.75) is 111 Å². The third-order valence-electron chi connectivity index (χ3n) is 4.88. The molecule has 22 heavy (non-hydrogen) atoms. The number of hydrogen-bond donors (Lipinski definition) is 0. The minimum Gasteiger partial charge on any atom is -0.303 e. The zero-order chi connectivity index (χ0) is 16.5. The summed E-state index contributed by atoms with van der Waals surface area (Å²) in [5.74, 6) is 0.860. The van der Waals surface area contributed by atoms with Gasteiger partial charge in [0.05, 0.1) is 0 Å². The molecule has 0 aliphatic rings. The molecule has 0 N–H and O–H groups in total. The normalized spacial score (nSPS) is 13.0. The van der Waals surface area contributed by atoms with Crippen LogP contribution in [0.4, 0.5) is 0 Å². The monoisotopic (exact) mass is 311 g/mol. The fourth-order valence-electron chi connectivity index (χ4n) is 3.18. The molecular formula is C21H45N. The van der Waals surface area contributed by atoms with Gasteiger partial charge in [0.25, 0.3) is 0 Å². The molecule has 0 bridgehead atoms. The summed E-state index contributed by atoms with van der Waals surface area (Å²) in [6, 6.07) is 0. The van der Waals surface area contributed by atoms with Crippen molar-refractivity contribution in [2.75, 3.05) is 19.6 Å². The number of nitrogens with zero attached hydrogens (tertiary/aromatic N) is 1. The maximum absolute atomic E-state index is 2.70. The first kappa shape index (κ1) is 22.0. The molecule has 0 aliphatic heterocycles. The van der Waals surface area contributed by atoms with Crippen LogP contribution in [0.1, 0.15) is 111 Å². The number of unbranched alkanes of at least 4 members (excludes halogenated alkanes) is 10. The summed E-state index contributed by atoms with van der Waals surface area (Å²) in [5, 5.41) is 0. The highest BCUT2D eigenvalue weighted by atomic mass is 15.1. The Labute approximate surface area is 142 Å². The molecule has 0 heterocycles. The molecule has 1 atom stereocenters. The quantitative estimate of drug-likeness (QED) is 0.260. The van der Waals surface area contributed by atoms with Crippen LogP contribution >= 0.6 is 0 Å². The van der Waals surface area contributed by atoms with E-state index >= 15 is 0 Å². The fourth-order valence-corrected chi connectivity index (χ4v) is 3.18. The maximum Gasteiger partial charge on any atom is 0.000691 e. The van der Waals surface area contributed by atoms with Gasteiger partial charge in [-0.3, -0.25) is 0 Å². The van der Waals surface area contributed by atoms with Crippen molar-refractivity contribution < 1.29 is 0 Å². The van der Waals surface area contributed by atoms with Gasteiger partial charge in [-0.05, 0) is 31.8 Å². The Morgan fingerprint density at radius 3 is 1.55 bits per heavy atom. The second kappa shape index (κ2) is 17.3. The van der Waals surface area contributed by atoms with E-state index in [4.69, 9.17) is 0 Å². The van der Waals surface area contributed by atoms with Gasteiger partial charge in [-0.2, -0.15) is 0 Å². The highest BCUT2D eigenvalue weighted by molar-refractivity contribution is 4.62. The molecule has 0 spiro atoms. The van der Waals surface area contributed by atoms with E-state index in [-0.39, 0.29) is 0 Å². The van der Waals surface area contributed by atoms with Crippen molar-refractivity contribution in [3.63, 3.8) is 0 Å². The summed E-state index contributed by atoms with van der Waals surface area (Å²) in [7, 11) is 0. The standard InChI is InChI=1S/C21H45N/c1-5-8-9-10-11-12-13-14-15-16-17-19-22(18-6-2)20-21(4)7-3/h21H,5-20H2,1-4H3. The molecule has 0 aromatic carbocycles. The predicted octanol–water partition coefficient (Wildman–Crippen LogP) is 7.06. The summed E-state index contributed by atoms with van der Waals surface area (Å²) in [5.41, 5.74) is 0. The highest BCUT2D eigenvalue weighted by Crippen LogP contribution is 2.12. The van der Waals surface area contributed by atoms with Crippen molar-refractivity contribution >= 4 is 0 Å². The molecule has 0 rings (SSSR count). The zero-order valence-corrected chi connectivity index (χ0v) is 16.3. The molecule has 0 saturated heterocycles. The van der Waals surface area contributed by atoms with E-state index in [2.05, 4.69) is 32.6 Å². The SMILES string of the molecule is CCCCCCCCCCCCCN(CCC)CC(C)CC. The van der Waals surface area contributed by atoms with Gasteiger partial charge in [0.15, 0.2) is 0 Å². The molecule has 134 valence electrons. The molecule has 0 fully saturated rings. The average molecular weight is 312 g/mol. The Balaban J connectivity index is 3.38. The van der Waals surface area contributed by atoms with Gasteiger partial charge in [-0.25, -0.2) is 0 Å². The second-order valence-corrected chi connectivity index (χ2v) is 7.35. The molecule has 1 unspecified atom stereocenters. The lowest BCUT2D eigenvalue weighted by Gasteiger charge is -2.24. The first-order valence-electron chi connectivity index (χ1n) is 10.5. The van der Waals surface area contributed by atoms with Crippen LogP contribution in [0.3, 0.4) is 0 Å². The number of rotatable bonds is 17. The molecule has 0 aromatic heterocycles. The van der Waals surface area contributed by atoms with Gasteiger partial charge in [0.2, 0.25) is 0 Å². The number of hydrogen-bond acceptors (Lipinski definition) is 1. The minimum atomic E-state index is 0.860. The van der Waals surface area contributed by atoms with Crippen LogP contribution in [-0.4, -0.2) is 24.5 Å². The Morgan fingerprint density at radius 2 is 1.09 bits per heavy atom. The van der Waals surface area contributed by atoms with Gasteiger partial charge in [-0.1, -0.05) is 98.3 Å². The van der Waals surface area contributed by atoms with Gasteiger partial charge >= 0.3 is 0 Å². The lowest BCUT2D eigenvalue weighted by Crippen LogP contribution is -2.30. The highest BCUT2D eigenvalue weighted by Gasteiger charge is 2.07. The van der Waals surface area contributed by atoms with E-state index in [9.17, 15) is 0 Å². The van der Waals surface area contributed by atoms with Crippen molar-refractivity contribution in [1.29, 1.82) is 0 Å². The van der Waals surface area contributed by atoms with E-state index < -0.39 is 0 Å². The van der Waals surface area contributed by atoms with Crippen molar-refractivity contribution in [3.05, 3.63) is 0 Å². The van der Waals surface area contributed by atoms with Crippen LogP contribution in [-0.2, 0) is 0 Å². The molecule has 0 radical (unpaired) electrons. The first-order chi connectivity index (χ1) is 10.7. The maximum atomic E-state index is 2.70. The van der Waals surface area contributed by atoms with Crippen LogP contribution in [0.15, 0.2) is 0 Å². The van der Waals surface area contributed by atoms with Crippen molar-refractivity contribution in [1.82, 2.24) is 4.90 Å². The van der Waals surface area contributed by atoms with E-state index in [0.29, 0.717) is 0 Å². The van der Waals surface area contributed by atoms with Crippen LogP contribution in [0.5, 0.6) is 0 Å². The average Bonchev–Trinajstić information content (AvgIpc) is 2.52. The van der Waals surface area contributed by atoms with E-state index in [0.717, 1.165) is 5.92 Å². The fraction of sp³-hybridized carbons (Fsp3) is 1.00. The van der Waals surface area contributed by atoms with Gasteiger partial charge in [0, 0.05) is 6.54 Å².